The molecule has 2 heterocycles. The lowest BCUT2D eigenvalue weighted by molar-refractivity contribution is -0.160. The number of carbonyl (C=O) groups excluding carboxylic acids is 3. The molecule has 3 unspecified atom stereocenters. The van der Waals surface area contributed by atoms with Crippen LogP contribution >= 0.6 is 11.8 Å². The largest absolute Gasteiger partial charge is 0.497 e. The number of esters is 2. The molecule has 176 valence electrons. The molecule has 1 amide bonds. The van der Waals surface area contributed by atoms with Gasteiger partial charge in [0.1, 0.15) is 11.7 Å². The fraction of sp³-hybridized carbons (Fsp3) is 0.478. The third kappa shape index (κ3) is 5.31. The predicted molar refractivity (Wildman–Crippen MR) is 121 cm³/mol. The molecule has 3 rings (SSSR count). The van der Waals surface area contributed by atoms with Gasteiger partial charge in [-0.05, 0) is 42.2 Å². The van der Waals surface area contributed by atoms with Crippen molar-refractivity contribution < 1.29 is 28.6 Å². The van der Waals surface area contributed by atoms with Crippen LogP contribution in [0.3, 0.4) is 0 Å². The molecule has 0 saturated carbocycles. The molecular weight excluding hydrogens is 446 g/mol. The highest BCUT2D eigenvalue weighted by Gasteiger charge is 2.57. The van der Waals surface area contributed by atoms with Crippen molar-refractivity contribution in [1.82, 2.24) is 10.6 Å². The molecule has 1 aromatic carbocycles. The number of carbonyl (C=O) groups is 3. The van der Waals surface area contributed by atoms with Crippen LogP contribution in [0.15, 0.2) is 34.7 Å². The Kier molecular flexibility index (Phi) is 8.00. The normalized spacial score (nSPS) is 22.5. The van der Waals surface area contributed by atoms with Gasteiger partial charge in [0.25, 0.3) is 0 Å². The number of nitriles is 1. The number of rotatable bonds is 8. The quantitative estimate of drug-likeness (QED) is 0.544. The number of benzene rings is 1. The van der Waals surface area contributed by atoms with Gasteiger partial charge < -0.3 is 24.8 Å². The maximum Gasteiger partial charge on any atom is 0.345 e. The number of hydrogen-bond donors (Lipinski definition) is 2. The van der Waals surface area contributed by atoms with E-state index in [1.165, 1.54) is 7.11 Å². The van der Waals surface area contributed by atoms with E-state index in [-0.39, 0.29) is 12.3 Å². The first kappa shape index (κ1) is 24.6. The second kappa shape index (κ2) is 10.7. The first-order chi connectivity index (χ1) is 15.8. The number of nitrogens with one attached hydrogen (secondary N) is 2. The number of ether oxygens (including phenoxy) is 3. The third-order valence-corrected chi connectivity index (χ3v) is 7.19. The smallest absolute Gasteiger partial charge is 0.345 e. The van der Waals surface area contributed by atoms with Crippen LogP contribution in [0.2, 0.25) is 0 Å². The Morgan fingerprint density at radius 3 is 2.85 bits per heavy atom. The highest BCUT2D eigenvalue weighted by Crippen LogP contribution is 2.51. The molecular formula is C23H27N3O6S. The van der Waals surface area contributed by atoms with Gasteiger partial charge in [-0.15, -0.1) is 0 Å². The van der Waals surface area contributed by atoms with Crippen molar-refractivity contribution in [2.45, 2.75) is 30.6 Å². The molecule has 1 aromatic rings. The van der Waals surface area contributed by atoms with Crippen LogP contribution in [0.1, 0.15) is 31.2 Å². The van der Waals surface area contributed by atoms with Gasteiger partial charge in [-0.3, -0.25) is 4.79 Å². The van der Waals surface area contributed by atoms with Gasteiger partial charge in [-0.1, -0.05) is 30.8 Å². The zero-order chi connectivity index (χ0) is 24.0. The van der Waals surface area contributed by atoms with E-state index in [4.69, 9.17) is 9.47 Å². The molecule has 0 fully saturated rings. The van der Waals surface area contributed by atoms with E-state index in [1.54, 1.807) is 7.11 Å². The fourth-order valence-corrected chi connectivity index (χ4v) is 5.49. The molecule has 2 aliphatic heterocycles. The molecule has 33 heavy (non-hydrogen) atoms. The first-order valence-corrected chi connectivity index (χ1v) is 11.4. The van der Waals surface area contributed by atoms with Crippen LogP contribution in [0, 0.1) is 17.2 Å². The van der Waals surface area contributed by atoms with Crippen molar-refractivity contribution in [1.29, 1.82) is 5.26 Å². The Bertz CT molecular complexity index is 1000. The lowest BCUT2D eigenvalue weighted by Crippen LogP contribution is -2.56. The first-order valence-electron chi connectivity index (χ1n) is 10.5. The minimum Gasteiger partial charge on any atom is -0.497 e. The molecule has 0 spiro atoms. The average molecular weight is 474 g/mol. The summed E-state index contributed by atoms with van der Waals surface area (Å²) >= 11 is 1.12. The second-order valence-electron chi connectivity index (χ2n) is 7.86. The van der Waals surface area contributed by atoms with Crippen LogP contribution in [0.5, 0.6) is 5.75 Å². The molecule has 0 saturated heterocycles. The van der Waals surface area contributed by atoms with Crippen molar-refractivity contribution in [3.8, 4) is 11.8 Å². The Balaban J connectivity index is 1.82. The highest BCUT2D eigenvalue weighted by atomic mass is 32.2. The van der Waals surface area contributed by atoms with Crippen molar-refractivity contribution >= 4 is 29.6 Å². The van der Waals surface area contributed by atoms with E-state index >= 15 is 0 Å². The Labute approximate surface area is 196 Å². The van der Waals surface area contributed by atoms with E-state index in [9.17, 15) is 19.6 Å². The van der Waals surface area contributed by atoms with Gasteiger partial charge in [-0.25, -0.2) is 9.59 Å². The number of methoxy groups -OCH3 is 2. The predicted octanol–water partition coefficient (Wildman–Crippen LogP) is 1.85. The second-order valence-corrected chi connectivity index (χ2v) is 9.20. The SMILES string of the molecule is COC(=O)COC(=O)C1(NC(=O)CC(C)c2cccc(OC)c2)SC2=C(CCNC2)C1C#N. The summed E-state index contributed by atoms with van der Waals surface area (Å²) in [5.74, 6) is -2.36. The van der Waals surface area contributed by atoms with Crippen LogP contribution in [0.25, 0.3) is 0 Å². The lowest BCUT2D eigenvalue weighted by atomic mass is 9.88. The summed E-state index contributed by atoms with van der Waals surface area (Å²) in [5, 5.41) is 16.0. The minimum absolute atomic E-state index is 0.0842. The molecule has 9 nitrogen and oxygen atoms in total. The van der Waals surface area contributed by atoms with Crippen LogP contribution in [0.4, 0.5) is 0 Å². The Hall–Kier alpha value is -3.03. The highest BCUT2D eigenvalue weighted by molar-refractivity contribution is 8.05. The maximum atomic E-state index is 13.2. The fourth-order valence-electron chi connectivity index (χ4n) is 3.95. The number of thioether (sulfide) groups is 1. The zero-order valence-corrected chi connectivity index (χ0v) is 19.6. The monoisotopic (exact) mass is 473 g/mol. The maximum absolute atomic E-state index is 13.2. The molecule has 2 aliphatic rings. The summed E-state index contributed by atoms with van der Waals surface area (Å²) in [6.07, 6.45) is 0.670. The number of amides is 1. The standard InChI is InChI=1S/C23H27N3O6S/c1-14(15-5-4-6-16(10-15)30-2)9-20(27)26-23(22(29)32-13-21(28)31-3)18(11-24)17-7-8-25-12-19(17)33-23/h4-6,10,14,18,25H,7-9,12-13H2,1-3H3,(H,26,27). The molecule has 10 heteroatoms. The topological polar surface area (TPSA) is 127 Å². The average Bonchev–Trinajstić information content (AvgIpc) is 3.15. The van der Waals surface area contributed by atoms with E-state index in [0.717, 1.165) is 27.8 Å². The van der Waals surface area contributed by atoms with Crippen LogP contribution in [-0.2, 0) is 23.9 Å². The number of nitrogens with zero attached hydrogens (tertiary/aromatic N) is 1. The van der Waals surface area contributed by atoms with Gasteiger partial charge in [0.2, 0.25) is 10.8 Å². The summed E-state index contributed by atoms with van der Waals surface area (Å²) < 4.78 is 15.0. The molecule has 2 N–H and O–H groups in total. The van der Waals surface area contributed by atoms with E-state index in [0.29, 0.717) is 25.3 Å². The molecule has 0 radical (unpaired) electrons. The number of hydrogen-bond acceptors (Lipinski definition) is 9. The van der Waals surface area contributed by atoms with Gasteiger partial charge in [0.05, 0.1) is 20.3 Å². The van der Waals surface area contributed by atoms with E-state index in [2.05, 4.69) is 21.4 Å². The summed E-state index contributed by atoms with van der Waals surface area (Å²) in [6, 6.07) is 9.60. The van der Waals surface area contributed by atoms with Crippen molar-refractivity contribution in [3.63, 3.8) is 0 Å². The van der Waals surface area contributed by atoms with Crippen molar-refractivity contribution in [2.24, 2.45) is 5.92 Å². The van der Waals surface area contributed by atoms with Gasteiger partial charge in [0.15, 0.2) is 6.61 Å². The Morgan fingerprint density at radius 1 is 1.36 bits per heavy atom. The van der Waals surface area contributed by atoms with Crippen molar-refractivity contribution in [2.75, 3.05) is 33.9 Å². The third-order valence-electron chi connectivity index (χ3n) is 5.71. The van der Waals surface area contributed by atoms with Crippen LogP contribution in [-0.4, -0.2) is 56.6 Å². The summed E-state index contributed by atoms with van der Waals surface area (Å²) in [5.41, 5.74) is 1.72. The summed E-state index contributed by atoms with van der Waals surface area (Å²) in [7, 11) is 2.76. The molecule has 0 aliphatic carbocycles. The summed E-state index contributed by atoms with van der Waals surface area (Å²) in [4.78, 5) is 37.0. The summed E-state index contributed by atoms with van der Waals surface area (Å²) in [6.45, 7) is 2.47. The molecule has 3 atom stereocenters. The van der Waals surface area contributed by atoms with Crippen molar-refractivity contribution in [3.05, 3.63) is 40.3 Å². The van der Waals surface area contributed by atoms with E-state index < -0.39 is 35.2 Å². The van der Waals surface area contributed by atoms with Gasteiger partial charge >= 0.3 is 11.9 Å². The van der Waals surface area contributed by atoms with Crippen LogP contribution < -0.4 is 15.4 Å². The Morgan fingerprint density at radius 2 is 2.15 bits per heavy atom. The molecule has 0 aromatic heterocycles. The van der Waals surface area contributed by atoms with Gasteiger partial charge in [0, 0.05) is 17.9 Å². The lowest BCUT2D eigenvalue weighted by Gasteiger charge is -2.31. The minimum atomic E-state index is -1.66. The van der Waals surface area contributed by atoms with E-state index in [1.807, 2.05) is 31.2 Å². The molecule has 0 bridgehead atoms. The zero-order valence-electron chi connectivity index (χ0n) is 18.8. The van der Waals surface area contributed by atoms with Gasteiger partial charge in [-0.2, -0.15) is 5.26 Å².